The molecule has 4 N–H and O–H groups in total. The molecule has 0 aliphatic rings. The van der Waals surface area contributed by atoms with E-state index in [-0.39, 0.29) is 4.90 Å². The van der Waals surface area contributed by atoms with Crippen molar-refractivity contribution in [1.82, 2.24) is 10.0 Å². The Morgan fingerprint density at radius 3 is 2.37 bits per heavy atom. The van der Waals surface area contributed by atoms with Gasteiger partial charge in [-0.25, -0.2) is 17.9 Å². The van der Waals surface area contributed by atoms with Crippen LogP contribution in [-0.2, 0) is 10.0 Å². The van der Waals surface area contributed by atoms with E-state index in [0.29, 0.717) is 23.4 Å². The summed E-state index contributed by atoms with van der Waals surface area (Å²) in [6.45, 7) is 7.15. The molecule has 0 saturated carbocycles. The number of carbonyl (C=O) groups excluding carboxylic acids is 1. The van der Waals surface area contributed by atoms with Crippen LogP contribution in [0.1, 0.15) is 23.6 Å². The van der Waals surface area contributed by atoms with Gasteiger partial charge in [-0.3, -0.25) is 0 Å². The van der Waals surface area contributed by atoms with Crippen molar-refractivity contribution >= 4 is 21.7 Å². The van der Waals surface area contributed by atoms with E-state index in [1.807, 2.05) is 11.6 Å². The molecule has 1 aromatic carbocycles. The van der Waals surface area contributed by atoms with Gasteiger partial charge in [-0.1, -0.05) is 6.07 Å². The van der Waals surface area contributed by atoms with Crippen LogP contribution in [0.25, 0.3) is 0 Å². The third-order valence-electron chi connectivity index (χ3n) is 2.79. The summed E-state index contributed by atoms with van der Waals surface area (Å²) in [4.78, 5) is 11.4. The van der Waals surface area contributed by atoms with Gasteiger partial charge in [-0.15, -0.1) is 0 Å². The molecule has 7 heteroatoms. The molecule has 106 valence electrons. The molecule has 2 amide bonds. The number of hydrogen-bond acceptors (Lipinski definition) is 4. The van der Waals surface area contributed by atoms with E-state index in [0.717, 1.165) is 5.56 Å². The molecule has 0 radical (unpaired) electrons. The van der Waals surface area contributed by atoms with Crippen LogP contribution >= 0.6 is 0 Å². The lowest BCUT2D eigenvalue weighted by molar-refractivity contribution is 0.246. The molecule has 0 bridgehead atoms. The summed E-state index contributed by atoms with van der Waals surface area (Å²) in [5, 5.41) is 2.38. The minimum absolute atomic E-state index is 0.0573. The normalized spacial score (nSPS) is 11.2. The van der Waals surface area contributed by atoms with E-state index in [2.05, 4.69) is 5.32 Å². The van der Waals surface area contributed by atoms with Crippen molar-refractivity contribution in [2.75, 3.05) is 12.3 Å². The summed E-state index contributed by atoms with van der Waals surface area (Å²) in [7, 11) is -3.92. The number of amides is 2. The monoisotopic (exact) mass is 285 g/mol. The SMILES string of the molecule is CCNC(=O)NS(=O)(=O)c1c(C)cc(C)c(N)c1C. The number of nitrogens with two attached hydrogens (primary N) is 1. The number of nitrogen functional groups attached to an aromatic ring is 1. The van der Waals surface area contributed by atoms with Crippen LogP contribution < -0.4 is 15.8 Å². The first kappa shape index (κ1) is 15.3. The molecular weight excluding hydrogens is 266 g/mol. The first-order valence-corrected chi connectivity index (χ1v) is 7.36. The Morgan fingerprint density at radius 1 is 1.26 bits per heavy atom. The van der Waals surface area contributed by atoms with E-state index < -0.39 is 16.1 Å². The van der Waals surface area contributed by atoms with Gasteiger partial charge in [-0.05, 0) is 44.4 Å². The van der Waals surface area contributed by atoms with E-state index in [1.54, 1.807) is 26.8 Å². The number of anilines is 1. The standard InChI is InChI=1S/C12H19N3O3S/c1-5-14-12(16)15-19(17,18)11-8(3)6-7(2)10(13)9(11)4/h6H,5,13H2,1-4H3,(H2,14,15,16). The zero-order valence-electron chi connectivity index (χ0n) is 11.5. The van der Waals surface area contributed by atoms with Crippen LogP contribution in [-0.4, -0.2) is 21.0 Å². The molecular formula is C12H19N3O3S. The van der Waals surface area contributed by atoms with E-state index >= 15 is 0 Å². The number of sulfonamides is 1. The predicted molar refractivity (Wildman–Crippen MR) is 74.5 cm³/mol. The van der Waals surface area contributed by atoms with Gasteiger partial charge < -0.3 is 11.1 Å². The number of nitrogens with one attached hydrogen (secondary N) is 2. The fourth-order valence-corrected chi connectivity index (χ4v) is 3.38. The molecule has 0 heterocycles. The molecule has 0 spiro atoms. The number of hydrogen-bond donors (Lipinski definition) is 3. The van der Waals surface area contributed by atoms with Crippen molar-refractivity contribution in [3.8, 4) is 0 Å². The molecule has 0 fully saturated rings. The molecule has 0 saturated heterocycles. The van der Waals surface area contributed by atoms with Crippen molar-refractivity contribution in [2.45, 2.75) is 32.6 Å². The topological polar surface area (TPSA) is 101 Å². The van der Waals surface area contributed by atoms with Gasteiger partial charge in [0.2, 0.25) is 0 Å². The van der Waals surface area contributed by atoms with Crippen LogP contribution in [0.3, 0.4) is 0 Å². The smallest absolute Gasteiger partial charge is 0.328 e. The van der Waals surface area contributed by atoms with Gasteiger partial charge >= 0.3 is 6.03 Å². The molecule has 0 aliphatic heterocycles. The Kier molecular flexibility index (Phi) is 4.41. The Bertz CT molecular complexity index is 609. The summed E-state index contributed by atoms with van der Waals surface area (Å²) in [6.07, 6.45) is 0. The Labute approximate surface area is 113 Å². The van der Waals surface area contributed by atoms with Gasteiger partial charge in [-0.2, -0.15) is 0 Å². The lowest BCUT2D eigenvalue weighted by atomic mass is 10.1. The maximum atomic E-state index is 12.2. The summed E-state index contributed by atoms with van der Waals surface area (Å²) in [5.41, 5.74) is 8.08. The maximum Gasteiger partial charge on any atom is 0.328 e. The first-order valence-electron chi connectivity index (χ1n) is 5.87. The van der Waals surface area contributed by atoms with E-state index in [4.69, 9.17) is 5.73 Å². The minimum Gasteiger partial charge on any atom is -0.398 e. The maximum absolute atomic E-state index is 12.2. The molecule has 6 nitrogen and oxygen atoms in total. The second kappa shape index (κ2) is 5.48. The number of benzene rings is 1. The fourth-order valence-electron chi connectivity index (χ4n) is 1.97. The highest BCUT2D eigenvalue weighted by atomic mass is 32.2. The Morgan fingerprint density at radius 2 is 1.84 bits per heavy atom. The van der Waals surface area contributed by atoms with Crippen LogP contribution in [0.5, 0.6) is 0 Å². The van der Waals surface area contributed by atoms with Crippen molar-refractivity contribution in [3.63, 3.8) is 0 Å². The van der Waals surface area contributed by atoms with Crippen molar-refractivity contribution < 1.29 is 13.2 Å². The Hall–Kier alpha value is -1.76. The number of urea groups is 1. The van der Waals surface area contributed by atoms with E-state index in [9.17, 15) is 13.2 Å². The largest absolute Gasteiger partial charge is 0.398 e. The van der Waals surface area contributed by atoms with Crippen LogP contribution in [0, 0.1) is 20.8 Å². The molecule has 19 heavy (non-hydrogen) atoms. The summed E-state index contributed by atoms with van der Waals surface area (Å²) in [6, 6.07) is 0.940. The van der Waals surface area contributed by atoms with Gasteiger partial charge in [0, 0.05) is 12.2 Å². The lowest BCUT2D eigenvalue weighted by Gasteiger charge is -2.15. The first-order chi connectivity index (χ1) is 8.70. The van der Waals surface area contributed by atoms with Crippen LogP contribution in [0.15, 0.2) is 11.0 Å². The zero-order chi connectivity index (χ0) is 14.8. The highest BCUT2D eigenvalue weighted by Gasteiger charge is 2.23. The zero-order valence-corrected chi connectivity index (χ0v) is 12.3. The molecule has 0 atom stereocenters. The van der Waals surface area contributed by atoms with Gasteiger partial charge in [0.15, 0.2) is 0 Å². The second-order valence-electron chi connectivity index (χ2n) is 4.34. The summed E-state index contributed by atoms with van der Waals surface area (Å²) >= 11 is 0. The van der Waals surface area contributed by atoms with Crippen molar-refractivity contribution in [1.29, 1.82) is 0 Å². The summed E-state index contributed by atoms with van der Waals surface area (Å²) in [5.74, 6) is 0. The molecule has 0 aliphatic carbocycles. The van der Waals surface area contributed by atoms with Crippen LogP contribution in [0.2, 0.25) is 0 Å². The van der Waals surface area contributed by atoms with Crippen LogP contribution in [0.4, 0.5) is 10.5 Å². The third-order valence-corrected chi connectivity index (χ3v) is 4.41. The average Bonchev–Trinajstić information content (AvgIpc) is 2.24. The average molecular weight is 285 g/mol. The lowest BCUT2D eigenvalue weighted by Crippen LogP contribution is -2.39. The fraction of sp³-hybridized carbons (Fsp3) is 0.417. The van der Waals surface area contributed by atoms with E-state index in [1.165, 1.54) is 0 Å². The molecule has 0 aromatic heterocycles. The minimum atomic E-state index is -3.92. The predicted octanol–water partition coefficient (Wildman–Crippen LogP) is 1.20. The number of carbonyl (C=O) groups is 1. The highest BCUT2D eigenvalue weighted by molar-refractivity contribution is 7.90. The second-order valence-corrected chi connectivity index (χ2v) is 5.96. The third kappa shape index (κ3) is 3.17. The van der Waals surface area contributed by atoms with Crippen molar-refractivity contribution in [2.24, 2.45) is 0 Å². The van der Waals surface area contributed by atoms with Gasteiger partial charge in [0.1, 0.15) is 0 Å². The quantitative estimate of drug-likeness (QED) is 0.726. The number of rotatable bonds is 3. The number of aryl methyl sites for hydroxylation is 2. The summed E-state index contributed by atoms with van der Waals surface area (Å²) < 4.78 is 26.4. The Balaban J connectivity index is 3.30. The van der Waals surface area contributed by atoms with Gasteiger partial charge in [0.25, 0.3) is 10.0 Å². The molecule has 0 unspecified atom stereocenters. The highest BCUT2D eigenvalue weighted by Crippen LogP contribution is 2.27. The van der Waals surface area contributed by atoms with Crippen molar-refractivity contribution in [3.05, 3.63) is 22.8 Å². The molecule has 1 aromatic rings. The van der Waals surface area contributed by atoms with Gasteiger partial charge in [0.05, 0.1) is 4.90 Å². The molecule has 1 rings (SSSR count).